The Morgan fingerprint density at radius 2 is 2.00 bits per heavy atom. The Kier molecular flexibility index (Phi) is 5.07. The number of pyridine rings is 1. The first-order valence-corrected chi connectivity index (χ1v) is 7.25. The molecule has 0 fully saturated rings. The van der Waals surface area contributed by atoms with E-state index in [1.807, 2.05) is 24.3 Å². The molecule has 19 heavy (non-hydrogen) atoms. The van der Waals surface area contributed by atoms with Gasteiger partial charge < -0.3 is 10.1 Å². The fraction of sp³-hybridized carbons (Fsp3) is 0.214. The molecule has 0 atom stereocenters. The summed E-state index contributed by atoms with van der Waals surface area (Å²) in [5.41, 5.74) is 1.39. The third-order valence-electron chi connectivity index (χ3n) is 2.70. The summed E-state index contributed by atoms with van der Waals surface area (Å²) >= 11 is 7.47. The van der Waals surface area contributed by atoms with Crippen LogP contribution in [0.1, 0.15) is 11.1 Å². The lowest BCUT2D eigenvalue weighted by Crippen LogP contribution is -2.11. The minimum Gasteiger partial charge on any atom is -0.391 e. The summed E-state index contributed by atoms with van der Waals surface area (Å²) in [6.07, 6.45) is 2.60. The number of benzene rings is 1. The summed E-state index contributed by atoms with van der Waals surface area (Å²) in [5.74, 6) is 0.901. The van der Waals surface area contributed by atoms with Crippen molar-refractivity contribution in [3.05, 3.63) is 63.0 Å². The summed E-state index contributed by atoms with van der Waals surface area (Å²) in [7, 11) is 0. The molecule has 100 valence electrons. The molecule has 0 saturated heterocycles. The topological polar surface area (TPSA) is 53.1 Å². The lowest BCUT2D eigenvalue weighted by molar-refractivity contribution is 0.280. The van der Waals surface area contributed by atoms with E-state index in [0.717, 1.165) is 22.1 Å². The first kappa shape index (κ1) is 14.2. The number of H-pyrrole nitrogens is 1. The van der Waals surface area contributed by atoms with Gasteiger partial charge in [-0.25, -0.2) is 0 Å². The summed E-state index contributed by atoms with van der Waals surface area (Å²) < 4.78 is 0. The predicted molar refractivity (Wildman–Crippen MR) is 78.9 cm³/mol. The molecule has 0 spiro atoms. The van der Waals surface area contributed by atoms with E-state index in [1.165, 1.54) is 5.56 Å². The van der Waals surface area contributed by atoms with Crippen LogP contribution in [0.4, 0.5) is 0 Å². The SMILES string of the molecule is O=c1[nH]cc(SCCc2ccc(Cl)cc2)cc1CO. The lowest BCUT2D eigenvalue weighted by Gasteiger charge is -2.04. The highest BCUT2D eigenvalue weighted by Gasteiger charge is 2.01. The highest BCUT2D eigenvalue weighted by molar-refractivity contribution is 7.99. The number of nitrogens with one attached hydrogen (secondary N) is 1. The van der Waals surface area contributed by atoms with E-state index in [2.05, 4.69) is 4.98 Å². The molecule has 1 aromatic heterocycles. The molecule has 3 nitrogen and oxygen atoms in total. The van der Waals surface area contributed by atoms with Crippen LogP contribution in [0.25, 0.3) is 0 Å². The zero-order valence-electron chi connectivity index (χ0n) is 10.2. The van der Waals surface area contributed by atoms with Crippen LogP contribution in [0, 0.1) is 0 Å². The monoisotopic (exact) mass is 295 g/mol. The minimum absolute atomic E-state index is 0.232. The van der Waals surface area contributed by atoms with Crippen LogP contribution in [0.5, 0.6) is 0 Å². The maximum atomic E-state index is 11.3. The van der Waals surface area contributed by atoms with Crippen molar-refractivity contribution >= 4 is 23.4 Å². The molecule has 0 unspecified atom stereocenters. The number of rotatable bonds is 5. The summed E-state index contributed by atoms with van der Waals surface area (Å²) in [6.45, 7) is -0.235. The van der Waals surface area contributed by atoms with Crippen molar-refractivity contribution in [3.8, 4) is 0 Å². The van der Waals surface area contributed by atoms with E-state index in [-0.39, 0.29) is 12.2 Å². The molecule has 0 amide bonds. The van der Waals surface area contributed by atoms with E-state index >= 15 is 0 Å². The lowest BCUT2D eigenvalue weighted by atomic mass is 10.2. The van der Waals surface area contributed by atoms with Gasteiger partial charge in [-0.15, -0.1) is 11.8 Å². The van der Waals surface area contributed by atoms with Crippen LogP contribution < -0.4 is 5.56 Å². The number of aromatic amines is 1. The first-order valence-electron chi connectivity index (χ1n) is 5.89. The quantitative estimate of drug-likeness (QED) is 0.834. The third kappa shape index (κ3) is 4.13. The molecule has 2 N–H and O–H groups in total. The van der Waals surface area contributed by atoms with Gasteiger partial charge in [0.05, 0.1) is 6.61 Å². The molecule has 0 aliphatic heterocycles. The van der Waals surface area contributed by atoms with Crippen LogP contribution >= 0.6 is 23.4 Å². The molecule has 2 rings (SSSR count). The Morgan fingerprint density at radius 1 is 1.26 bits per heavy atom. The largest absolute Gasteiger partial charge is 0.391 e. The highest BCUT2D eigenvalue weighted by Crippen LogP contribution is 2.19. The molecule has 0 aliphatic rings. The van der Waals surface area contributed by atoms with Crippen molar-refractivity contribution in [3.63, 3.8) is 0 Å². The zero-order chi connectivity index (χ0) is 13.7. The van der Waals surface area contributed by atoms with Gasteiger partial charge in [0.2, 0.25) is 0 Å². The Balaban J connectivity index is 1.92. The molecule has 2 aromatic rings. The average Bonchev–Trinajstić information content (AvgIpc) is 2.43. The van der Waals surface area contributed by atoms with Crippen molar-refractivity contribution < 1.29 is 5.11 Å². The third-order valence-corrected chi connectivity index (χ3v) is 3.93. The molecule has 0 aliphatic carbocycles. The average molecular weight is 296 g/mol. The van der Waals surface area contributed by atoms with Gasteiger partial charge in [-0.1, -0.05) is 23.7 Å². The van der Waals surface area contributed by atoms with Crippen LogP contribution in [-0.4, -0.2) is 15.8 Å². The van der Waals surface area contributed by atoms with Crippen molar-refractivity contribution in [2.24, 2.45) is 0 Å². The van der Waals surface area contributed by atoms with Crippen LogP contribution in [0.2, 0.25) is 5.02 Å². The number of halogens is 1. The van der Waals surface area contributed by atoms with E-state index in [0.29, 0.717) is 5.56 Å². The number of thioether (sulfide) groups is 1. The van der Waals surface area contributed by atoms with Gasteiger partial charge >= 0.3 is 0 Å². The summed E-state index contributed by atoms with van der Waals surface area (Å²) in [4.78, 5) is 14.9. The van der Waals surface area contributed by atoms with Crippen molar-refractivity contribution in [1.29, 1.82) is 0 Å². The Hall–Kier alpha value is -1.23. The maximum Gasteiger partial charge on any atom is 0.253 e. The number of hydrogen-bond donors (Lipinski definition) is 2. The minimum atomic E-state index is -0.235. The second-order valence-electron chi connectivity index (χ2n) is 4.07. The van der Waals surface area contributed by atoms with Crippen molar-refractivity contribution in [1.82, 2.24) is 4.98 Å². The zero-order valence-corrected chi connectivity index (χ0v) is 11.8. The Morgan fingerprint density at radius 3 is 2.68 bits per heavy atom. The second kappa shape index (κ2) is 6.80. The molecule has 1 heterocycles. The van der Waals surface area contributed by atoms with Crippen LogP contribution in [-0.2, 0) is 13.0 Å². The highest BCUT2D eigenvalue weighted by atomic mass is 35.5. The smallest absolute Gasteiger partial charge is 0.253 e. The summed E-state index contributed by atoms with van der Waals surface area (Å²) in [5, 5.41) is 9.77. The first-order chi connectivity index (χ1) is 9.19. The predicted octanol–water partition coefficient (Wildman–Crippen LogP) is 2.86. The van der Waals surface area contributed by atoms with Gasteiger partial charge in [0, 0.05) is 27.4 Å². The van der Waals surface area contributed by atoms with Gasteiger partial charge in [-0.3, -0.25) is 4.79 Å². The molecule has 0 bridgehead atoms. The van der Waals surface area contributed by atoms with E-state index in [4.69, 9.17) is 16.7 Å². The molecule has 1 aromatic carbocycles. The van der Waals surface area contributed by atoms with E-state index < -0.39 is 0 Å². The number of aryl methyl sites for hydroxylation is 1. The van der Waals surface area contributed by atoms with Gasteiger partial charge in [-0.2, -0.15) is 0 Å². The second-order valence-corrected chi connectivity index (χ2v) is 5.68. The Labute approximate surface area is 120 Å². The molecule has 0 saturated carbocycles. The number of aliphatic hydroxyl groups is 1. The van der Waals surface area contributed by atoms with Crippen molar-refractivity contribution in [2.45, 2.75) is 17.9 Å². The molecular weight excluding hydrogens is 282 g/mol. The summed E-state index contributed by atoms with van der Waals surface area (Å²) in [6, 6.07) is 9.51. The standard InChI is InChI=1S/C14H14ClNO2S/c15-12-3-1-10(2-4-12)5-6-19-13-7-11(9-17)14(18)16-8-13/h1-4,7-8,17H,5-6,9H2,(H,16,18). The fourth-order valence-electron chi connectivity index (χ4n) is 1.65. The molecular formula is C14H14ClNO2S. The number of hydrogen-bond acceptors (Lipinski definition) is 3. The normalized spacial score (nSPS) is 10.6. The fourth-order valence-corrected chi connectivity index (χ4v) is 2.71. The maximum absolute atomic E-state index is 11.3. The molecule has 5 heteroatoms. The van der Waals surface area contributed by atoms with Crippen molar-refractivity contribution in [2.75, 3.05) is 5.75 Å². The van der Waals surface area contributed by atoms with Gasteiger partial charge in [0.25, 0.3) is 5.56 Å². The van der Waals surface area contributed by atoms with Gasteiger partial charge in [-0.05, 0) is 30.2 Å². The number of aliphatic hydroxyl groups excluding tert-OH is 1. The van der Waals surface area contributed by atoms with Gasteiger partial charge in [0.1, 0.15) is 0 Å². The van der Waals surface area contributed by atoms with Crippen LogP contribution in [0.15, 0.2) is 46.2 Å². The number of aromatic nitrogens is 1. The van der Waals surface area contributed by atoms with E-state index in [1.54, 1.807) is 24.0 Å². The van der Waals surface area contributed by atoms with E-state index in [9.17, 15) is 4.79 Å². The molecule has 0 radical (unpaired) electrons. The Bertz CT molecular complexity index is 595. The van der Waals surface area contributed by atoms with Gasteiger partial charge in [0.15, 0.2) is 0 Å². The van der Waals surface area contributed by atoms with Crippen LogP contribution in [0.3, 0.4) is 0 Å².